The summed E-state index contributed by atoms with van der Waals surface area (Å²) in [7, 11) is 3.22. The highest BCUT2D eigenvalue weighted by molar-refractivity contribution is 7.13. The second kappa shape index (κ2) is 7.63. The van der Waals surface area contributed by atoms with Gasteiger partial charge in [-0.2, -0.15) is 0 Å². The van der Waals surface area contributed by atoms with Gasteiger partial charge in [-0.25, -0.2) is 4.98 Å². The second-order valence-corrected chi connectivity index (χ2v) is 6.51. The minimum absolute atomic E-state index is 0.0212. The van der Waals surface area contributed by atoms with Crippen LogP contribution in [0.25, 0.3) is 10.6 Å². The van der Waals surface area contributed by atoms with Gasteiger partial charge in [-0.05, 0) is 31.2 Å². The summed E-state index contributed by atoms with van der Waals surface area (Å²) in [6, 6.07) is 5.93. The molecule has 128 valence electrons. The molecule has 6 nitrogen and oxygen atoms in total. The fourth-order valence-electron chi connectivity index (χ4n) is 2.71. The first-order chi connectivity index (χ1) is 11.7. The van der Waals surface area contributed by atoms with Crippen molar-refractivity contribution in [3.63, 3.8) is 0 Å². The van der Waals surface area contributed by atoms with Gasteiger partial charge in [0.1, 0.15) is 5.01 Å². The molecule has 1 fully saturated rings. The fraction of sp³-hybridized carbons (Fsp3) is 0.412. The second-order valence-electron chi connectivity index (χ2n) is 5.65. The number of aromatic nitrogens is 1. The van der Waals surface area contributed by atoms with Crippen LogP contribution in [0.5, 0.6) is 11.5 Å². The summed E-state index contributed by atoms with van der Waals surface area (Å²) in [5.74, 6) is 1.37. The number of nitrogens with zero attached hydrogens (tertiary/aromatic N) is 1. The standard InChI is InChI=1S/C17H21N3O3S/c1-22-14-4-3-11(7-15(14)23-2)17-20-13(10-24-17)8-16(21)19-12-5-6-18-9-12/h3-4,7,10,12,18H,5-6,8-9H2,1-2H3,(H,19,21). The molecule has 0 bridgehead atoms. The molecule has 7 heteroatoms. The number of amides is 1. The van der Waals surface area contributed by atoms with Gasteiger partial charge in [0, 0.05) is 23.5 Å². The van der Waals surface area contributed by atoms with Crippen molar-refractivity contribution in [3.05, 3.63) is 29.3 Å². The van der Waals surface area contributed by atoms with E-state index in [-0.39, 0.29) is 11.9 Å². The van der Waals surface area contributed by atoms with Crippen LogP contribution in [0.2, 0.25) is 0 Å². The van der Waals surface area contributed by atoms with E-state index in [0.717, 1.165) is 35.8 Å². The molecule has 2 N–H and O–H groups in total. The lowest BCUT2D eigenvalue weighted by atomic mass is 10.2. The number of ether oxygens (including phenoxy) is 2. The number of methoxy groups -OCH3 is 2. The Morgan fingerprint density at radius 1 is 1.38 bits per heavy atom. The minimum atomic E-state index is 0.0212. The number of carbonyl (C=O) groups is 1. The van der Waals surface area contributed by atoms with Gasteiger partial charge in [0.15, 0.2) is 11.5 Å². The lowest BCUT2D eigenvalue weighted by Gasteiger charge is -2.10. The molecule has 1 aliphatic rings. The van der Waals surface area contributed by atoms with Crippen LogP contribution in [0.15, 0.2) is 23.6 Å². The Labute approximate surface area is 145 Å². The molecule has 2 heterocycles. The molecule has 1 aromatic heterocycles. The summed E-state index contributed by atoms with van der Waals surface area (Å²) < 4.78 is 10.6. The number of benzene rings is 1. The number of hydrogen-bond donors (Lipinski definition) is 2. The lowest BCUT2D eigenvalue weighted by Crippen LogP contribution is -2.37. The van der Waals surface area contributed by atoms with Crippen molar-refractivity contribution in [1.82, 2.24) is 15.6 Å². The zero-order chi connectivity index (χ0) is 16.9. The van der Waals surface area contributed by atoms with Gasteiger partial charge in [-0.1, -0.05) is 0 Å². The molecule has 0 spiro atoms. The van der Waals surface area contributed by atoms with Crippen LogP contribution in [0.3, 0.4) is 0 Å². The van der Waals surface area contributed by atoms with E-state index >= 15 is 0 Å². The average molecular weight is 347 g/mol. The van der Waals surface area contributed by atoms with Gasteiger partial charge in [0.25, 0.3) is 0 Å². The number of hydrogen-bond acceptors (Lipinski definition) is 6. The van der Waals surface area contributed by atoms with Crippen molar-refractivity contribution >= 4 is 17.2 Å². The maximum absolute atomic E-state index is 12.1. The van der Waals surface area contributed by atoms with Crippen molar-refractivity contribution in [1.29, 1.82) is 0 Å². The predicted molar refractivity (Wildman–Crippen MR) is 93.8 cm³/mol. The first-order valence-corrected chi connectivity index (χ1v) is 8.74. The Morgan fingerprint density at radius 3 is 2.92 bits per heavy atom. The summed E-state index contributed by atoms with van der Waals surface area (Å²) in [4.78, 5) is 16.7. The highest BCUT2D eigenvalue weighted by atomic mass is 32.1. The number of thiazole rings is 1. The molecule has 1 saturated heterocycles. The number of carbonyl (C=O) groups excluding carboxylic acids is 1. The van der Waals surface area contributed by atoms with Crippen molar-refractivity contribution in [3.8, 4) is 22.1 Å². The smallest absolute Gasteiger partial charge is 0.226 e. The number of nitrogens with one attached hydrogen (secondary N) is 2. The van der Waals surface area contributed by atoms with Gasteiger partial charge in [-0.15, -0.1) is 11.3 Å². The van der Waals surface area contributed by atoms with Crippen LogP contribution < -0.4 is 20.1 Å². The normalized spacial score (nSPS) is 16.8. The Hall–Kier alpha value is -2.12. The van der Waals surface area contributed by atoms with Crippen LogP contribution in [-0.2, 0) is 11.2 Å². The molecule has 0 aliphatic carbocycles. The van der Waals surface area contributed by atoms with E-state index in [2.05, 4.69) is 15.6 Å². The molecule has 24 heavy (non-hydrogen) atoms. The van der Waals surface area contributed by atoms with Gasteiger partial charge in [-0.3, -0.25) is 4.79 Å². The maximum Gasteiger partial charge on any atom is 0.226 e. The molecule has 1 amide bonds. The molecular weight excluding hydrogens is 326 g/mol. The molecule has 2 aromatic rings. The van der Waals surface area contributed by atoms with Gasteiger partial charge < -0.3 is 20.1 Å². The van der Waals surface area contributed by atoms with E-state index in [1.54, 1.807) is 14.2 Å². The van der Waals surface area contributed by atoms with Gasteiger partial charge in [0.05, 0.1) is 26.3 Å². The molecule has 3 rings (SSSR count). The van der Waals surface area contributed by atoms with Gasteiger partial charge in [0.2, 0.25) is 5.91 Å². The van der Waals surface area contributed by atoms with E-state index in [4.69, 9.17) is 9.47 Å². The summed E-state index contributed by atoms with van der Waals surface area (Å²) in [5, 5.41) is 9.06. The third-order valence-corrected chi connectivity index (χ3v) is 4.89. The van der Waals surface area contributed by atoms with Crippen LogP contribution in [0.1, 0.15) is 12.1 Å². The SMILES string of the molecule is COc1ccc(-c2nc(CC(=O)NC3CCNC3)cs2)cc1OC. The Morgan fingerprint density at radius 2 is 2.21 bits per heavy atom. The van der Waals surface area contributed by atoms with Crippen molar-refractivity contribution in [2.75, 3.05) is 27.3 Å². The number of rotatable bonds is 6. The minimum Gasteiger partial charge on any atom is -0.493 e. The maximum atomic E-state index is 12.1. The molecule has 1 aromatic carbocycles. The van der Waals surface area contributed by atoms with Crippen LogP contribution in [0, 0.1) is 0 Å². The highest BCUT2D eigenvalue weighted by Gasteiger charge is 2.17. The summed E-state index contributed by atoms with van der Waals surface area (Å²) in [6.07, 6.45) is 1.29. The summed E-state index contributed by atoms with van der Waals surface area (Å²) >= 11 is 1.52. The largest absolute Gasteiger partial charge is 0.493 e. The summed E-state index contributed by atoms with van der Waals surface area (Å²) in [6.45, 7) is 1.81. The molecule has 1 atom stereocenters. The quantitative estimate of drug-likeness (QED) is 0.834. The van der Waals surface area contributed by atoms with E-state index in [1.165, 1.54) is 11.3 Å². The molecule has 1 unspecified atom stereocenters. The third-order valence-electron chi connectivity index (χ3n) is 3.95. The van der Waals surface area contributed by atoms with Crippen LogP contribution in [0.4, 0.5) is 0 Å². The average Bonchev–Trinajstić information content (AvgIpc) is 3.26. The topological polar surface area (TPSA) is 72.5 Å². The van der Waals surface area contributed by atoms with Crippen molar-refractivity contribution in [2.45, 2.75) is 18.9 Å². The van der Waals surface area contributed by atoms with E-state index in [0.29, 0.717) is 17.9 Å². The van der Waals surface area contributed by atoms with Crippen LogP contribution in [-0.4, -0.2) is 44.2 Å². The first kappa shape index (κ1) is 16.7. The predicted octanol–water partition coefficient (Wildman–Crippen LogP) is 1.85. The van der Waals surface area contributed by atoms with E-state index in [9.17, 15) is 4.79 Å². The summed E-state index contributed by atoms with van der Waals surface area (Å²) in [5.41, 5.74) is 1.73. The van der Waals surface area contributed by atoms with Crippen molar-refractivity contribution < 1.29 is 14.3 Å². The van der Waals surface area contributed by atoms with Crippen LogP contribution >= 0.6 is 11.3 Å². The fourth-order valence-corrected chi connectivity index (χ4v) is 3.53. The third kappa shape index (κ3) is 3.85. The lowest BCUT2D eigenvalue weighted by molar-refractivity contribution is -0.121. The molecule has 1 aliphatic heterocycles. The highest BCUT2D eigenvalue weighted by Crippen LogP contribution is 2.33. The molecule has 0 saturated carbocycles. The molecular formula is C17H21N3O3S. The zero-order valence-corrected chi connectivity index (χ0v) is 14.6. The monoisotopic (exact) mass is 347 g/mol. The Bertz CT molecular complexity index is 711. The Balaban J connectivity index is 1.67. The van der Waals surface area contributed by atoms with Crippen molar-refractivity contribution in [2.24, 2.45) is 0 Å². The first-order valence-electron chi connectivity index (χ1n) is 7.86. The van der Waals surface area contributed by atoms with E-state index in [1.807, 2.05) is 23.6 Å². The van der Waals surface area contributed by atoms with E-state index < -0.39 is 0 Å². The molecule has 0 radical (unpaired) electrons. The Kier molecular flexibility index (Phi) is 5.32. The van der Waals surface area contributed by atoms with Gasteiger partial charge >= 0.3 is 0 Å². The zero-order valence-electron chi connectivity index (χ0n) is 13.8.